The van der Waals surface area contributed by atoms with Crippen LogP contribution in [0.5, 0.6) is 0 Å². The second kappa shape index (κ2) is 13.0. The highest BCUT2D eigenvalue weighted by atomic mass is 79.9. The van der Waals surface area contributed by atoms with E-state index in [0.29, 0.717) is 6.54 Å². The summed E-state index contributed by atoms with van der Waals surface area (Å²) in [7, 11) is -3.76. The Morgan fingerprint density at radius 1 is 1.09 bits per heavy atom. The molecule has 0 heterocycles. The lowest BCUT2D eigenvalue weighted by Crippen LogP contribution is -2.48. The van der Waals surface area contributed by atoms with E-state index >= 15 is 0 Å². The Hall–Kier alpha value is -2.46. The van der Waals surface area contributed by atoms with Crippen LogP contribution in [0.25, 0.3) is 0 Å². The molecule has 2 amide bonds. The second-order valence-electron chi connectivity index (χ2n) is 8.86. The molecule has 0 aliphatic carbocycles. The molecule has 10 heteroatoms. The number of anilines is 1. The molecule has 0 bridgehead atoms. The maximum absolute atomic E-state index is 14.3. The molecule has 0 saturated carbocycles. The van der Waals surface area contributed by atoms with Gasteiger partial charge in [-0.3, -0.25) is 13.9 Å². The Kier molecular flexibility index (Phi) is 10.7. The van der Waals surface area contributed by atoms with Crippen molar-refractivity contribution in [2.24, 2.45) is 5.92 Å². The molecule has 1 atom stereocenters. The monoisotopic (exact) mass is 569 g/mol. The molecule has 2 aromatic carbocycles. The summed E-state index contributed by atoms with van der Waals surface area (Å²) in [5.41, 5.74) is 0.787. The van der Waals surface area contributed by atoms with E-state index < -0.39 is 21.9 Å². The van der Waals surface area contributed by atoms with Crippen LogP contribution < -0.4 is 9.62 Å². The lowest BCUT2D eigenvalue weighted by molar-refractivity contribution is -0.140. The molecule has 35 heavy (non-hydrogen) atoms. The fraction of sp³-hybridized carbons (Fsp3) is 0.440. The minimum atomic E-state index is -3.76. The zero-order valence-electron chi connectivity index (χ0n) is 20.5. The van der Waals surface area contributed by atoms with Gasteiger partial charge in [0.1, 0.15) is 11.9 Å². The summed E-state index contributed by atoms with van der Waals surface area (Å²) in [6.07, 6.45) is 1.16. The molecular weight excluding hydrogens is 537 g/mol. The average molecular weight is 571 g/mol. The first-order valence-electron chi connectivity index (χ1n) is 11.4. The van der Waals surface area contributed by atoms with Gasteiger partial charge in [-0.1, -0.05) is 54.0 Å². The maximum atomic E-state index is 14.3. The Morgan fingerprint density at radius 3 is 2.37 bits per heavy atom. The molecule has 0 aliphatic heterocycles. The molecule has 0 radical (unpaired) electrons. The highest BCUT2D eigenvalue weighted by Crippen LogP contribution is 2.22. The van der Waals surface area contributed by atoms with Crippen molar-refractivity contribution in [3.05, 3.63) is 64.4 Å². The molecule has 0 aromatic heterocycles. The van der Waals surface area contributed by atoms with Crippen LogP contribution in [0.2, 0.25) is 0 Å². The number of rotatable bonds is 12. The van der Waals surface area contributed by atoms with E-state index in [1.165, 1.54) is 23.1 Å². The van der Waals surface area contributed by atoms with Gasteiger partial charge >= 0.3 is 0 Å². The van der Waals surface area contributed by atoms with Crippen LogP contribution in [0.3, 0.4) is 0 Å². The van der Waals surface area contributed by atoms with Gasteiger partial charge in [0, 0.05) is 30.5 Å². The molecule has 1 N–H and O–H groups in total. The molecule has 0 saturated heterocycles. The Balaban J connectivity index is 2.17. The van der Waals surface area contributed by atoms with Crippen molar-refractivity contribution < 1.29 is 22.4 Å². The van der Waals surface area contributed by atoms with E-state index in [1.807, 2.05) is 38.1 Å². The van der Waals surface area contributed by atoms with Crippen LogP contribution >= 0.6 is 15.9 Å². The van der Waals surface area contributed by atoms with Crippen molar-refractivity contribution in [2.75, 3.05) is 23.7 Å². The molecule has 2 rings (SSSR count). The van der Waals surface area contributed by atoms with Crippen molar-refractivity contribution >= 4 is 43.5 Å². The van der Waals surface area contributed by atoms with Gasteiger partial charge in [-0.2, -0.15) is 0 Å². The number of hydrogen-bond donors (Lipinski definition) is 1. The van der Waals surface area contributed by atoms with Crippen molar-refractivity contribution in [2.45, 2.75) is 46.2 Å². The molecule has 0 aliphatic rings. The van der Waals surface area contributed by atoms with Gasteiger partial charge in [-0.25, -0.2) is 12.8 Å². The molecule has 0 fully saturated rings. The summed E-state index contributed by atoms with van der Waals surface area (Å²) in [6, 6.07) is 12.4. The Labute approximate surface area is 215 Å². The summed E-state index contributed by atoms with van der Waals surface area (Å²) >= 11 is 3.42. The summed E-state index contributed by atoms with van der Waals surface area (Å²) in [5.74, 6) is -0.943. The number of carbonyl (C=O) groups is 2. The van der Waals surface area contributed by atoms with Crippen molar-refractivity contribution in [1.82, 2.24) is 10.2 Å². The quantitative estimate of drug-likeness (QED) is 0.412. The van der Waals surface area contributed by atoms with Gasteiger partial charge in [-0.15, -0.1) is 0 Å². The zero-order chi connectivity index (χ0) is 26.2. The minimum absolute atomic E-state index is 0.00369. The van der Waals surface area contributed by atoms with Crippen LogP contribution in [0.1, 0.15) is 39.2 Å². The highest BCUT2D eigenvalue weighted by molar-refractivity contribution is 9.10. The summed E-state index contributed by atoms with van der Waals surface area (Å²) < 4.78 is 40.7. The van der Waals surface area contributed by atoms with Gasteiger partial charge in [0.05, 0.1) is 11.9 Å². The standard InChI is InChI=1S/C25H33BrFN3O4S/c1-18(2)16-28-25(32)19(3)29(17-20-9-7-10-21(26)15-20)24(31)13-8-14-30(35(4,33)34)23-12-6-5-11-22(23)27/h5-7,9-12,15,18-19H,8,13-14,16-17H2,1-4H3,(H,28,32)/t19-/m0/s1. The number of hydrogen-bond acceptors (Lipinski definition) is 4. The van der Waals surface area contributed by atoms with E-state index in [1.54, 1.807) is 13.0 Å². The van der Waals surface area contributed by atoms with E-state index in [2.05, 4.69) is 21.2 Å². The summed E-state index contributed by atoms with van der Waals surface area (Å²) in [4.78, 5) is 27.5. The van der Waals surface area contributed by atoms with Crippen LogP contribution in [-0.2, 0) is 26.2 Å². The van der Waals surface area contributed by atoms with Crippen LogP contribution in [0.15, 0.2) is 53.0 Å². The number of halogens is 2. The van der Waals surface area contributed by atoms with Crippen molar-refractivity contribution in [3.8, 4) is 0 Å². The van der Waals surface area contributed by atoms with E-state index in [9.17, 15) is 22.4 Å². The smallest absolute Gasteiger partial charge is 0.242 e. The summed E-state index contributed by atoms with van der Waals surface area (Å²) in [5, 5.41) is 2.87. The number of nitrogens with one attached hydrogen (secondary N) is 1. The summed E-state index contributed by atoms with van der Waals surface area (Å²) in [6.45, 7) is 6.29. The molecule has 192 valence electrons. The third kappa shape index (κ3) is 8.92. The first-order chi connectivity index (χ1) is 16.4. The second-order valence-corrected chi connectivity index (χ2v) is 11.7. The topological polar surface area (TPSA) is 86.8 Å². The van der Waals surface area contributed by atoms with Crippen molar-refractivity contribution in [3.63, 3.8) is 0 Å². The lowest BCUT2D eigenvalue weighted by atomic mass is 10.1. The Bertz CT molecular complexity index is 1130. The van der Waals surface area contributed by atoms with E-state index in [0.717, 1.165) is 20.6 Å². The number of nitrogens with zero attached hydrogens (tertiary/aromatic N) is 2. The van der Waals surface area contributed by atoms with Crippen LogP contribution in [0, 0.1) is 11.7 Å². The SMILES string of the molecule is CC(C)CNC(=O)[C@H](C)N(Cc1cccc(Br)c1)C(=O)CCCN(c1ccccc1F)S(C)(=O)=O. The van der Waals surface area contributed by atoms with Crippen LogP contribution in [0.4, 0.5) is 10.1 Å². The van der Waals surface area contributed by atoms with Gasteiger partial charge in [0.2, 0.25) is 21.8 Å². The third-order valence-corrected chi connectivity index (χ3v) is 7.04. The molecule has 0 spiro atoms. The highest BCUT2D eigenvalue weighted by Gasteiger charge is 2.27. The average Bonchev–Trinajstić information content (AvgIpc) is 2.78. The van der Waals surface area contributed by atoms with Crippen LogP contribution in [-0.4, -0.2) is 50.5 Å². The Morgan fingerprint density at radius 2 is 1.77 bits per heavy atom. The fourth-order valence-corrected chi connectivity index (χ4v) is 4.92. The predicted molar refractivity (Wildman–Crippen MR) is 140 cm³/mol. The number of carbonyl (C=O) groups excluding carboxylic acids is 2. The first-order valence-corrected chi connectivity index (χ1v) is 14.1. The molecular formula is C25H33BrFN3O4S. The van der Waals surface area contributed by atoms with Gasteiger partial charge in [-0.05, 0) is 49.1 Å². The molecule has 2 aromatic rings. The first kappa shape index (κ1) is 28.8. The molecule has 7 nitrogen and oxygen atoms in total. The number of benzene rings is 2. The van der Waals surface area contributed by atoms with Crippen molar-refractivity contribution in [1.29, 1.82) is 0 Å². The van der Waals surface area contributed by atoms with Gasteiger partial charge < -0.3 is 10.2 Å². The maximum Gasteiger partial charge on any atom is 0.242 e. The van der Waals surface area contributed by atoms with Gasteiger partial charge in [0.25, 0.3) is 0 Å². The normalized spacial score (nSPS) is 12.3. The predicted octanol–water partition coefficient (Wildman–Crippen LogP) is 4.32. The lowest BCUT2D eigenvalue weighted by Gasteiger charge is -2.29. The molecule has 0 unspecified atom stereocenters. The van der Waals surface area contributed by atoms with E-state index in [4.69, 9.17) is 0 Å². The number of para-hydroxylation sites is 1. The zero-order valence-corrected chi connectivity index (χ0v) is 22.9. The van der Waals surface area contributed by atoms with E-state index in [-0.39, 0.29) is 49.4 Å². The number of amides is 2. The minimum Gasteiger partial charge on any atom is -0.354 e. The largest absolute Gasteiger partial charge is 0.354 e. The fourth-order valence-electron chi connectivity index (χ4n) is 3.50. The number of sulfonamides is 1. The van der Waals surface area contributed by atoms with Gasteiger partial charge in [0.15, 0.2) is 0 Å². The third-order valence-electron chi connectivity index (χ3n) is 5.37.